The van der Waals surface area contributed by atoms with Gasteiger partial charge < -0.3 is 0 Å². The van der Waals surface area contributed by atoms with E-state index in [4.69, 9.17) is 0 Å². The van der Waals surface area contributed by atoms with E-state index in [1.807, 2.05) is 0 Å². The molecule has 1 atom stereocenters. The second-order valence-electron chi connectivity index (χ2n) is 4.33. The Kier molecular flexibility index (Phi) is 4.19. The van der Waals surface area contributed by atoms with Crippen LogP contribution in [0.3, 0.4) is 0 Å². The van der Waals surface area contributed by atoms with Crippen LogP contribution in [0.25, 0.3) is 0 Å². The monoisotopic (exact) mass is 190 g/mol. The van der Waals surface area contributed by atoms with Gasteiger partial charge >= 0.3 is 0 Å². The van der Waals surface area contributed by atoms with E-state index >= 15 is 0 Å². The Hall–Kier alpha value is -0.780. The summed E-state index contributed by atoms with van der Waals surface area (Å²) in [6.45, 7) is 9.02. The maximum Gasteiger partial charge on any atom is -0.0253 e. The van der Waals surface area contributed by atoms with Crippen LogP contribution in [0, 0.1) is 12.8 Å². The highest BCUT2D eigenvalue weighted by Gasteiger charge is 2.03. The Bertz CT molecular complexity index is 286. The van der Waals surface area contributed by atoms with Crippen LogP contribution in [0.1, 0.15) is 43.9 Å². The molecule has 14 heavy (non-hydrogen) atoms. The van der Waals surface area contributed by atoms with Crippen molar-refractivity contribution in [1.82, 2.24) is 0 Å². The molecule has 0 fully saturated rings. The quantitative estimate of drug-likeness (QED) is 0.669. The molecule has 78 valence electrons. The normalized spacial score (nSPS) is 12.9. The third-order valence-corrected chi connectivity index (χ3v) is 3.08. The topological polar surface area (TPSA) is 0 Å². The highest BCUT2D eigenvalue weighted by molar-refractivity contribution is 5.31. The van der Waals surface area contributed by atoms with E-state index < -0.39 is 0 Å². The lowest BCUT2D eigenvalue weighted by Gasteiger charge is -2.11. The lowest BCUT2D eigenvalue weighted by atomic mass is 9.95. The molecule has 0 heterocycles. The largest absolute Gasteiger partial charge is 0.0651 e. The summed E-state index contributed by atoms with van der Waals surface area (Å²) in [7, 11) is 0. The van der Waals surface area contributed by atoms with Gasteiger partial charge in [-0.05, 0) is 42.4 Å². The lowest BCUT2D eigenvalue weighted by Crippen LogP contribution is -1.99. The van der Waals surface area contributed by atoms with Gasteiger partial charge in [0.05, 0.1) is 0 Å². The number of rotatable bonds is 4. The molecular weight excluding hydrogens is 168 g/mol. The number of hydrogen-bond donors (Lipinski definition) is 0. The van der Waals surface area contributed by atoms with Crippen molar-refractivity contribution in [3.8, 4) is 0 Å². The number of hydrogen-bond acceptors (Lipinski definition) is 0. The summed E-state index contributed by atoms with van der Waals surface area (Å²) in [6, 6.07) is 6.92. The third-order valence-electron chi connectivity index (χ3n) is 3.08. The highest BCUT2D eigenvalue weighted by Crippen LogP contribution is 2.16. The van der Waals surface area contributed by atoms with E-state index in [2.05, 4.69) is 45.9 Å². The standard InChI is InChI=1S/C14H22/c1-5-11(3)9-13-8-7-12(4)14(6-2)10-13/h7-8,10-11H,5-6,9H2,1-4H3. The van der Waals surface area contributed by atoms with Gasteiger partial charge in [0, 0.05) is 0 Å². The molecule has 0 amide bonds. The zero-order chi connectivity index (χ0) is 10.6. The number of aryl methyl sites for hydroxylation is 2. The van der Waals surface area contributed by atoms with E-state index in [0.717, 1.165) is 12.3 Å². The molecule has 0 aliphatic rings. The van der Waals surface area contributed by atoms with Crippen LogP contribution in [-0.4, -0.2) is 0 Å². The summed E-state index contributed by atoms with van der Waals surface area (Å²) < 4.78 is 0. The molecule has 0 aromatic heterocycles. The van der Waals surface area contributed by atoms with Crippen molar-refractivity contribution < 1.29 is 0 Å². The lowest BCUT2D eigenvalue weighted by molar-refractivity contribution is 0.560. The van der Waals surface area contributed by atoms with E-state index in [-0.39, 0.29) is 0 Å². The van der Waals surface area contributed by atoms with Gasteiger partial charge in [0.25, 0.3) is 0 Å². The molecule has 0 heteroatoms. The zero-order valence-electron chi connectivity index (χ0n) is 9.93. The molecular formula is C14H22. The summed E-state index contributed by atoms with van der Waals surface area (Å²) in [4.78, 5) is 0. The minimum atomic E-state index is 0.808. The van der Waals surface area contributed by atoms with Gasteiger partial charge in [-0.15, -0.1) is 0 Å². The molecule has 0 radical (unpaired) electrons. The van der Waals surface area contributed by atoms with Gasteiger partial charge in [-0.3, -0.25) is 0 Å². The van der Waals surface area contributed by atoms with Crippen molar-refractivity contribution in [2.24, 2.45) is 5.92 Å². The Morgan fingerprint density at radius 2 is 1.93 bits per heavy atom. The van der Waals surface area contributed by atoms with Gasteiger partial charge in [0.15, 0.2) is 0 Å². The van der Waals surface area contributed by atoms with E-state index in [1.54, 1.807) is 0 Å². The molecule has 0 N–H and O–H groups in total. The van der Waals surface area contributed by atoms with Crippen LogP contribution in [0.15, 0.2) is 18.2 Å². The summed E-state index contributed by atoms with van der Waals surface area (Å²) in [5, 5.41) is 0. The first-order valence-electron chi connectivity index (χ1n) is 5.75. The van der Waals surface area contributed by atoms with Gasteiger partial charge in [-0.2, -0.15) is 0 Å². The maximum absolute atomic E-state index is 2.38. The van der Waals surface area contributed by atoms with Gasteiger partial charge in [0.1, 0.15) is 0 Å². The molecule has 0 nitrogen and oxygen atoms in total. The van der Waals surface area contributed by atoms with Crippen LogP contribution >= 0.6 is 0 Å². The average molecular weight is 190 g/mol. The first kappa shape index (κ1) is 11.3. The van der Waals surface area contributed by atoms with Crippen LogP contribution in [-0.2, 0) is 12.8 Å². The molecule has 0 bridgehead atoms. The van der Waals surface area contributed by atoms with Crippen molar-refractivity contribution >= 4 is 0 Å². The molecule has 0 aliphatic carbocycles. The Morgan fingerprint density at radius 1 is 1.21 bits per heavy atom. The van der Waals surface area contributed by atoms with Gasteiger partial charge in [-0.1, -0.05) is 45.4 Å². The maximum atomic E-state index is 2.38. The van der Waals surface area contributed by atoms with Crippen molar-refractivity contribution in [1.29, 1.82) is 0 Å². The Labute approximate surface area is 88.4 Å². The Balaban J connectivity index is 2.79. The summed E-state index contributed by atoms with van der Waals surface area (Å²) in [6.07, 6.45) is 3.65. The summed E-state index contributed by atoms with van der Waals surface area (Å²) >= 11 is 0. The second-order valence-corrected chi connectivity index (χ2v) is 4.33. The van der Waals surface area contributed by atoms with Crippen LogP contribution in [0.5, 0.6) is 0 Å². The van der Waals surface area contributed by atoms with Crippen LogP contribution in [0.2, 0.25) is 0 Å². The van der Waals surface area contributed by atoms with Crippen molar-refractivity contribution in [3.63, 3.8) is 0 Å². The zero-order valence-corrected chi connectivity index (χ0v) is 9.93. The fourth-order valence-electron chi connectivity index (χ4n) is 1.78. The van der Waals surface area contributed by atoms with Crippen molar-refractivity contribution in [3.05, 3.63) is 34.9 Å². The summed E-state index contributed by atoms with van der Waals surface area (Å²) in [5.74, 6) is 0.808. The van der Waals surface area contributed by atoms with Gasteiger partial charge in [-0.25, -0.2) is 0 Å². The van der Waals surface area contributed by atoms with E-state index in [9.17, 15) is 0 Å². The second kappa shape index (κ2) is 5.19. The molecule has 0 aliphatic heterocycles. The van der Waals surface area contributed by atoms with Crippen LogP contribution < -0.4 is 0 Å². The highest BCUT2D eigenvalue weighted by atomic mass is 14.1. The minimum Gasteiger partial charge on any atom is -0.0651 e. The molecule has 1 aromatic carbocycles. The molecule has 0 saturated carbocycles. The smallest absolute Gasteiger partial charge is 0.0253 e. The van der Waals surface area contributed by atoms with Crippen LogP contribution in [0.4, 0.5) is 0 Å². The Morgan fingerprint density at radius 3 is 2.50 bits per heavy atom. The first-order valence-corrected chi connectivity index (χ1v) is 5.75. The predicted molar refractivity (Wildman–Crippen MR) is 63.7 cm³/mol. The SMILES string of the molecule is CCc1cc(CC(C)CC)ccc1C. The molecule has 1 unspecified atom stereocenters. The van der Waals surface area contributed by atoms with E-state index in [0.29, 0.717) is 0 Å². The fourth-order valence-corrected chi connectivity index (χ4v) is 1.78. The molecule has 0 saturated heterocycles. The van der Waals surface area contributed by atoms with E-state index in [1.165, 1.54) is 29.5 Å². The van der Waals surface area contributed by atoms with Gasteiger partial charge in [0.2, 0.25) is 0 Å². The molecule has 0 spiro atoms. The average Bonchev–Trinajstić information content (AvgIpc) is 2.20. The molecule has 1 aromatic rings. The number of benzene rings is 1. The van der Waals surface area contributed by atoms with Crippen molar-refractivity contribution in [2.45, 2.75) is 47.0 Å². The van der Waals surface area contributed by atoms with Crippen molar-refractivity contribution in [2.75, 3.05) is 0 Å². The first-order chi connectivity index (χ1) is 6.67. The summed E-state index contributed by atoms with van der Waals surface area (Å²) in [5.41, 5.74) is 4.44. The predicted octanol–water partition coefficient (Wildman–Crippen LogP) is 4.15. The fraction of sp³-hybridized carbons (Fsp3) is 0.571. The third kappa shape index (κ3) is 2.87. The minimum absolute atomic E-state index is 0.808. The molecule has 1 rings (SSSR count).